The van der Waals surface area contributed by atoms with Crippen LogP contribution in [0.2, 0.25) is 0 Å². The van der Waals surface area contributed by atoms with Crippen molar-refractivity contribution in [3.05, 3.63) is 17.2 Å². The Morgan fingerprint density at radius 1 is 1.05 bits per heavy atom. The van der Waals surface area contributed by atoms with Crippen LogP contribution in [0.5, 0.6) is 17.2 Å². The normalized spacial score (nSPS) is 15.3. The predicted molar refractivity (Wildman–Crippen MR) is 66.1 cm³/mol. The smallest absolute Gasteiger partial charge is 0.204 e. The molecule has 2 rings (SSSR count). The van der Waals surface area contributed by atoms with Crippen LogP contribution in [0.25, 0.3) is 0 Å². The van der Waals surface area contributed by atoms with Gasteiger partial charge in [-0.15, -0.1) is 0 Å². The molecule has 1 aromatic rings. The third-order valence-electron chi connectivity index (χ3n) is 2.86. The van der Waals surface area contributed by atoms with E-state index in [1.165, 1.54) is 21.3 Å². The molecule has 1 aliphatic rings. The molecule has 0 atom stereocenters. The second-order valence-electron chi connectivity index (χ2n) is 3.85. The number of carbonyl (C=O) groups excluding carboxylic acids is 1. The second kappa shape index (κ2) is 5.90. The van der Waals surface area contributed by atoms with Gasteiger partial charge in [0.1, 0.15) is 0 Å². The van der Waals surface area contributed by atoms with E-state index in [-0.39, 0.29) is 0 Å². The zero-order valence-electron chi connectivity index (χ0n) is 11.1. The molecule has 1 heterocycles. The first kappa shape index (κ1) is 13.6. The predicted octanol–water partition coefficient (Wildman–Crippen LogP) is 1.57. The van der Waals surface area contributed by atoms with E-state index in [0.29, 0.717) is 47.9 Å². The van der Waals surface area contributed by atoms with Crippen molar-refractivity contribution >= 4 is 6.29 Å². The number of rotatable bonds is 5. The van der Waals surface area contributed by atoms with Crippen LogP contribution in [0, 0.1) is 0 Å². The second-order valence-corrected chi connectivity index (χ2v) is 3.85. The number of benzene rings is 1. The quantitative estimate of drug-likeness (QED) is 0.755. The maximum atomic E-state index is 11.2. The average molecular weight is 268 g/mol. The standard InChI is InChI=1S/C13H16O6/c1-15-10-8(7-14)6-9(13-18-4-5-19-13)11(16-2)12(10)17-3/h6-7,13H,4-5H2,1-3H3. The van der Waals surface area contributed by atoms with Gasteiger partial charge in [0, 0.05) is 0 Å². The molecule has 0 amide bonds. The molecule has 0 aromatic heterocycles. The molecular formula is C13H16O6. The van der Waals surface area contributed by atoms with E-state index in [0.717, 1.165) is 0 Å². The SMILES string of the molecule is COc1c(C=O)cc(C2OCCO2)c(OC)c1OC. The van der Waals surface area contributed by atoms with Gasteiger partial charge in [0.2, 0.25) is 5.75 Å². The summed E-state index contributed by atoms with van der Waals surface area (Å²) in [6.45, 7) is 0.997. The van der Waals surface area contributed by atoms with Crippen LogP contribution in [-0.2, 0) is 9.47 Å². The van der Waals surface area contributed by atoms with E-state index < -0.39 is 6.29 Å². The molecule has 0 radical (unpaired) electrons. The molecule has 19 heavy (non-hydrogen) atoms. The molecule has 0 N–H and O–H groups in total. The monoisotopic (exact) mass is 268 g/mol. The van der Waals surface area contributed by atoms with E-state index in [1.807, 2.05) is 0 Å². The minimum atomic E-state index is -0.562. The van der Waals surface area contributed by atoms with E-state index in [2.05, 4.69) is 0 Å². The zero-order chi connectivity index (χ0) is 13.8. The van der Waals surface area contributed by atoms with E-state index in [4.69, 9.17) is 23.7 Å². The van der Waals surface area contributed by atoms with Crippen molar-refractivity contribution in [3.8, 4) is 17.2 Å². The molecule has 1 aliphatic heterocycles. The maximum Gasteiger partial charge on any atom is 0.204 e. The number of methoxy groups -OCH3 is 3. The Morgan fingerprint density at radius 2 is 1.63 bits per heavy atom. The van der Waals surface area contributed by atoms with Crippen molar-refractivity contribution < 1.29 is 28.5 Å². The first-order valence-corrected chi connectivity index (χ1v) is 5.78. The highest BCUT2D eigenvalue weighted by atomic mass is 16.7. The lowest BCUT2D eigenvalue weighted by Crippen LogP contribution is -2.06. The number of carbonyl (C=O) groups is 1. The largest absolute Gasteiger partial charge is 0.492 e. The fourth-order valence-electron chi connectivity index (χ4n) is 2.07. The Kier molecular flexibility index (Phi) is 4.24. The van der Waals surface area contributed by atoms with Crippen molar-refractivity contribution in [2.75, 3.05) is 34.5 Å². The van der Waals surface area contributed by atoms with Crippen LogP contribution in [0.15, 0.2) is 6.07 Å². The lowest BCUT2D eigenvalue weighted by Gasteiger charge is -2.19. The maximum absolute atomic E-state index is 11.2. The number of hydrogen-bond donors (Lipinski definition) is 0. The fraction of sp³-hybridized carbons (Fsp3) is 0.462. The Bertz CT molecular complexity index is 465. The van der Waals surface area contributed by atoms with Crippen LogP contribution < -0.4 is 14.2 Å². The van der Waals surface area contributed by atoms with Gasteiger partial charge in [-0.2, -0.15) is 0 Å². The topological polar surface area (TPSA) is 63.2 Å². The molecule has 0 aliphatic carbocycles. The number of aldehydes is 1. The minimum Gasteiger partial charge on any atom is -0.492 e. The third-order valence-corrected chi connectivity index (χ3v) is 2.86. The van der Waals surface area contributed by atoms with E-state index >= 15 is 0 Å². The minimum absolute atomic E-state index is 0.330. The lowest BCUT2D eigenvalue weighted by atomic mass is 10.1. The van der Waals surface area contributed by atoms with Crippen molar-refractivity contribution in [1.82, 2.24) is 0 Å². The summed E-state index contributed by atoms with van der Waals surface area (Å²) >= 11 is 0. The van der Waals surface area contributed by atoms with Gasteiger partial charge in [-0.1, -0.05) is 0 Å². The highest BCUT2D eigenvalue weighted by Gasteiger charge is 2.28. The first-order valence-electron chi connectivity index (χ1n) is 5.78. The number of ether oxygens (including phenoxy) is 5. The Balaban J connectivity index is 2.61. The van der Waals surface area contributed by atoms with Crippen LogP contribution in [-0.4, -0.2) is 40.8 Å². The Morgan fingerprint density at radius 3 is 2.11 bits per heavy atom. The Hall–Kier alpha value is -1.79. The molecule has 0 saturated carbocycles. The molecule has 104 valence electrons. The van der Waals surface area contributed by atoms with Gasteiger partial charge in [-0.3, -0.25) is 4.79 Å². The molecule has 0 spiro atoms. The number of hydrogen-bond acceptors (Lipinski definition) is 6. The first-order chi connectivity index (χ1) is 9.26. The average Bonchev–Trinajstić information content (AvgIpc) is 2.98. The lowest BCUT2D eigenvalue weighted by molar-refractivity contribution is -0.0457. The fourth-order valence-corrected chi connectivity index (χ4v) is 2.07. The van der Waals surface area contributed by atoms with Gasteiger partial charge in [0.15, 0.2) is 24.1 Å². The van der Waals surface area contributed by atoms with Gasteiger partial charge in [0.25, 0.3) is 0 Å². The molecular weight excluding hydrogens is 252 g/mol. The molecule has 6 nitrogen and oxygen atoms in total. The third kappa shape index (κ3) is 2.36. The molecule has 1 fully saturated rings. The highest BCUT2D eigenvalue weighted by Crippen LogP contribution is 2.45. The molecule has 1 aromatic carbocycles. The molecule has 0 unspecified atom stereocenters. The van der Waals surface area contributed by atoms with Crippen molar-refractivity contribution in [2.45, 2.75) is 6.29 Å². The Labute approximate surface area is 111 Å². The summed E-state index contributed by atoms with van der Waals surface area (Å²) in [4.78, 5) is 11.2. The summed E-state index contributed by atoms with van der Waals surface area (Å²) in [6.07, 6.45) is 0.132. The summed E-state index contributed by atoms with van der Waals surface area (Å²) < 4.78 is 26.7. The van der Waals surface area contributed by atoms with Crippen LogP contribution >= 0.6 is 0 Å². The van der Waals surface area contributed by atoms with Crippen molar-refractivity contribution in [3.63, 3.8) is 0 Å². The summed E-state index contributed by atoms with van der Waals surface area (Å²) in [6, 6.07) is 1.63. The van der Waals surface area contributed by atoms with Crippen LogP contribution in [0.1, 0.15) is 22.2 Å². The molecule has 6 heteroatoms. The molecule has 0 bridgehead atoms. The van der Waals surface area contributed by atoms with Gasteiger partial charge in [-0.25, -0.2) is 0 Å². The van der Waals surface area contributed by atoms with E-state index in [9.17, 15) is 4.79 Å². The van der Waals surface area contributed by atoms with Crippen LogP contribution in [0.3, 0.4) is 0 Å². The summed E-state index contributed by atoms with van der Waals surface area (Å²) in [5.74, 6) is 1.12. The van der Waals surface area contributed by atoms with Crippen molar-refractivity contribution in [1.29, 1.82) is 0 Å². The van der Waals surface area contributed by atoms with Gasteiger partial charge >= 0.3 is 0 Å². The van der Waals surface area contributed by atoms with Gasteiger partial charge in [-0.05, 0) is 6.07 Å². The summed E-state index contributed by atoms with van der Waals surface area (Å²) in [7, 11) is 4.46. The summed E-state index contributed by atoms with van der Waals surface area (Å²) in [5.41, 5.74) is 0.967. The van der Waals surface area contributed by atoms with Crippen molar-refractivity contribution in [2.24, 2.45) is 0 Å². The highest BCUT2D eigenvalue weighted by molar-refractivity contribution is 5.83. The van der Waals surface area contributed by atoms with Crippen LogP contribution in [0.4, 0.5) is 0 Å². The zero-order valence-corrected chi connectivity index (χ0v) is 11.1. The van der Waals surface area contributed by atoms with E-state index in [1.54, 1.807) is 6.07 Å². The van der Waals surface area contributed by atoms with Gasteiger partial charge < -0.3 is 23.7 Å². The summed E-state index contributed by atoms with van der Waals surface area (Å²) in [5, 5.41) is 0. The molecule has 1 saturated heterocycles. The van der Waals surface area contributed by atoms with Gasteiger partial charge in [0.05, 0.1) is 45.7 Å².